The van der Waals surface area contributed by atoms with E-state index in [1.807, 2.05) is 0 Å². The van der Waals surface area contributed by atoms with Crippen LogP contribution in [0.3, 0.4) is 0 Å². The van der Waals surface area contributed by atoms with E-state index in [0.717, 1.165) is 23.9 Å². The predicted molar refractivity (Wildman–Crippen MR) is 76.4 cm³/mol. The first-order chi connectivity index (χ1) is 7.91. The maximum Gasteiger partial charge on any atom is 0.0117 e. The fourth-order valence-corrected chi connectivity index (χ4v) is 2.66. The monoisotopic (exact) mass is 240 g/mol. The van der Waals surface area contributed by atoms with E-state index in [9.17, 15) is 0 Å². The van der Waals surface area contributed by atoms with E-state index in [-0.39, 0.29) is 0 Å². The number of hydrogen-bond acceptors (Lipinski definition) is 2. The molecule has 0 bridgehead atoms. The third-order valence-electron chi connectivity index (χ3n) is 4.57. The molecule has 2 nitrogen and oxygen atoms in total. The number of nitrogens with zero attached hydrogens (tertiary/aromatic N) is 2. The van der Waals surface area contributed by atoms with Gasteiger partial charge in [0.05, 0.1) is 0 Å². The molecule has 0 amide bonds. The van der Waals surface area contributed by atoms with Gasteiger partial charge in [0.1, 0.15) is 0 Å². The van der Waals surface area contributed by atoms with Crippen LogP contribution in [0.4, 0.5) is 0 Å². The van der Waals surface area contributed by atoms with E-state index in [2.05, 4.69) is 51.5 Å². The van der Waals surface area contributed by atoms with Gasteiger partial charge in [-0.05, 0) is 58.7 Å². The molecule has 0 N–H and O–H groups in total. The third-order valence-corrected chi connectivity index (χ3v) is 4.57. The lowest BCUT2D eigenvalue weighted by molar-refractivity contribution is 0.0949. The average Bonchev–Trinajstić information content (AvgIpc) is 2.28. The summed E-state index contributed by atoms with van der Waals surface area (Å²) in [6, 6.07) is 1.53. The van der Waals surface area contributed by atoms with Gasteiger partial charge in [-0.3, -0.25) is 0 Å². The normalized spacial score (nSPS) is 21.7. The largest absolute Gasteiger partial charge is 0.303 e. The fourth-order valence-electron chi connectivity index (χ4n) is 2.66. The lowest BCUT2D eigenvalue weighted by Gasteiger charge is -2.39. The molecule has 1 atom stereocenters. The van der Waals surface area contributed by atoms with Crippen LogP contribution in [0.2, 0.25) is 0 Å². The Labute approximate surface area is 108 Å². The first-order valence-corrected chi connectivity index (χ1v) is 7.36. The molecule has 1 heterocycles. The second kappa shape index (κ2) is 6.75. The molecule has 0 aliphatic carbocycles. The zero-order chi connectivity index (χ0) is 13.0. The van der Waals surface area contributed by atoms with E-state index in [0.29, 0.717) is 0 Å². The summed E-state index contributed by atoms with van der Waals surface area (Å²) in [5.41, 5.74) is 0. The molecule has 1 unspecified atom stereocenters. The first-order valence-electron chi connectivity index (χ1n) is 7.36. The van der Waals surface area contributed by atoms with Crippen molar-refractivity contribution in [1.82, 2.24) is 9.80 Å². The molecule has 17 heavy (non-hydrogen) atoms. The highest BCUT2D eigenvalue weighted by atomic mass is 15.2. The minimum atomic E-state index is 0.718. The number of hydrogen-bond donors (Lipinski definition) is 0. The molecule has 1 saturated heterocycles. The molecule has 0 aromatic carbocycles. The lowest BCUT2D eigenvalue weighted by Crippen LogP contribution is -2.46. The summed E-state index contributed by atoms with van der Waals surface area (Å²) in [6.45, 7) is 15.5. The molecule has 1 rings (SSSR count). The zero-order valence-electron chi connectivity index (χ0n) is 12.7. The highest BCUT2D eigenvalue weighted by molar-refractivity contribution is 4.80. The van der Waals surface area contributed by atoms with Gasteiger partial charge < -0.3 is 9.80 Å². The molecule has 1 aliphatic heterocycles. The van der Waals surface area contributed by atoms with Gasteiger partial charge in [0.25, 0.3) is 0 Å². The number of rotatable bonds is 5. The zero-order valence-corrected chi connectivity index (χ0v) is 12.7. The van der Waals surface area contributed by atoms with Gasteiger partial charge >= 0.3 is 0 Å². The quantitative estimate of drug-likeness (QED) is 0.728. The average molecular weight is 240 g/mol. The van der Waals surface area contributed by atoms with Crippen LogP contribution in [0.5, 0.6) is 0 Å². The summed E-state index contributed by atoms with van der Waals surface area (Å²) in [6.07, 6.45) is 2.69. The maximum absolute atomic E-state index is 2.61. The predicted octanol–water partition coefficient (Wildman–Crippen LogP) is 3.08. The van der Waals surface area contributed by atoms with Crippen LogP contribution in [0.1, 0.15) is 47.5 Å². The summed E-state index contributed by atoms with van der Waals surface area (Å²) in [7, 11) is 2.31. The van der Waals surface area contributed by atoms with E-state index in [1.165, 1.54) is 32.5 Å². The molecule has 0 spiro atoms. The number of piperidine rings is 1. The van der Waals surface area contributed by atoms with Gasteiger partial charge in [0.15, 0.2) is 0 Å². The SMILES string of the molecule is CC(C)C(C)CN(C)C1CCN(C(C)C)CC1. The Kier molecular flexibility index (Phi) is 5.94. The van der Waals surface area contributed by atoms with Crippen LogP contribution in [0.25, 0.3) is 0 Å². The smallest absolute Gasteiger partial charge is 0.0117 e. The van der Waals surface area contributed by atoms with Crippen molar-refractivity contribution in [2.45, 2.75) is 59.5 Å². The van der Waals surface area contributed by atoms with E-state index in [1.54, 1.807) is 0 Å². The van der Waals surface area contributed by atoms with Crippen LogP contribution in [0.15, 0.2) is 0 Å². The van der Waals surface area contributed by atoms with E-state index in [4.69, 9.17) is 0 Å². The van der Waals surface area contributed by atoms with Crippen molar-refractivity contribution in [3.63, 3.8) is 0 Å². The highest BCUT2D eigenvalue weighted by Crippen LogP contribution is 2.19. The topological polar surface area (TPSA) is 6.48 Å². The van der Waals surface area contributed by atoms with Crippen LogP contribution in [0, 0.1) is 11.8 Å². The Bertz CT molecular complexity index is 205. The Hall–Kier alpha value is -0.0800. The Morgan fingerprint density at radius 2 is 1.59 bits per heavy atom. The van der Waals surface area contributed by atoms with Crippen LogP contribution in [-0.2, 0) is 0 Å². The van der Waals surface area contributed by atoms with Crippen molar-refractivity contribution in [3.05, 3.63) is 0 Å². The summed E-state index contributed by atoms with van der Waals surface area (Å²) in [5, 5.41) is 0. The molecule has 0 aromatic heterocycles. The summed E-state index contributed by atoms with van der Waals surface area (Å²) in [4.78, 5) is 5.21. The summed E-state index contributed by atoms with van der Waals surface area (Å²) in [5.74, 6) is 1.61. The summed E-state index contributed by atoms with van der Waals surface area (Å²) >= 11 is 0. The Balaban J connectivity index is 2.33. The van der Waals surface area contributed by atoms with Gasteiger partial charge in [-0.2, -0.15) is 0 Å². The maximum atomic E-state index is 2.61. The summed E-state index contributed by atoms with van der Waals surface area (Å²) < 4.78 is 0. The molecule has 0 saturated carbocycles. The van der Waals surface area contributed by atoms with Crippen molar-refractivity contribution >= 4 is 0 Å². The molecule has 0 radical (unpaired) electrons. The van der Waals surface area contributed by atoms with Gasteiger partial charge in [-0.15, -0.1) is 0 Å². The van der Waals surface area contributed by atoms with Gasteiger partial charge in [0.2, 0.25) is 0 Å². The van der Waals surface area contributed by atoms with Crippen molar-refractivity contribution in [3.8, 4) is 0 Å². The molecule has 1 fully saturated rings. The molecule has 2 heteroatoms. The van der Waals surface area contributed by atoms with Gasteiger partial charge in [-0.25, -0.2) is 0 Å². The van der Waals surface area contributed by atoms with Gasteiger partial charge in [0, 0.05) is 18.6 Å². The van der Waals surface area contributed by atoms with Crippen molar-refractivity contribution in [2.24, 2.45) is 11.8 Å². The third kappa shape index (κ3) is 4.59. The van der Waals surface area contributed by atoms with Gasteiger partial charge in [-0.1, -0.05) is 20.8 Å². The molecule has 0 aromatic rings. The minimum Gasteiger partial charge on any atom is -0.303 e. The van der Waals surface area contributed by atoms with Crippen LogP contribution in [-0.4, -0.2) is 48.6 Å². The lowest BCUT2D eigenvalue weighted by atomic mass is 9.95. The fraction of sp³-hybridized carbons (Fsp3) is 1.00. The van der Waals surface area contributed by atoms with Crippen molar-refractivity contribution in [1.29, 1.82) is 0 Å². The standard InChI is InChI=1S/C15H32N2/c1-12(2)14(5)11-16(6)15-7-9-17(10-8-15)13(3)4/h12-15H,7-11H2,1-6H3. The van der Waals surface area contributed by atoms with Crippen molar-refractivity contribution in [2.75, 3.05) is 26.7 Å². The Morgan fingerprint density at radius 1 is 1.06 bits per heavy atom. The molecule has 102 valence electrons. The Morgan fingerprint density at radius 3 is 2.00 bits per heavy atom. The van der Waals surface area contributed by atoms with Crippen LogP contribution >= 0.6 is 0 Å². The van der Waals surface area contributed by atoms with Crippen molar-refractivity contribution < 1.29 is 0 Å². The van der Waals surface area contributed by atoms with E-state index < -0.39 is 0 Å². The molecular weight excluding hydrogens is 208 g/mol. The second-order valence-corrected chi connectivity index (χ2v) is 6.52. The first kappa shape index (κ1) is 15.0. The van der Waals surface area contributed by atoms with Crippen LogP contribution < -0.4 is 0 Å². The minimum absolute atomic E-state index is 0.718. The van der Waals surface area contributed by atoms with E-state index >= 15 is 0 Å². The second-order valence-electron chi connectivity index (χ2n) is 6.52. The molecular formula is C15H32N2. The molecule has 1 aliphatic rings. The number of likely N-dealkylation sites (tertiary alicyclic amines) is 1. The highest BCUT2D eigenvalue weighted by Gasteiger charge is 2.24.